The van der Waals surface area contributed by atoms with Gasteiger partial charge in [0.2, 0.25) is 0 Å². The molecule has 8 heteroatoms. The van der Waals surface area contributed by atoms with Crippen LogP contribution in [0.1, 0.15) is 29.0 Å². The number of nitrogens with one attached hydrogen (secondary N) is 1. The molecule has 1 aliphatic heterocycles. The number of benzene rings is 1. The van der Waals surface area contributed by atoms with Crippen molar-refractivity contribution in [1.29, 1.82) is 0 Å². The molecule has 1 aliphatic rings. The zero-order valence-corrected chi connectivity index (χ0v) is 18.8. The lowest BCUT2D eigenvalue weighted by atomic mass is 10.0. The van der Waals surface area contributed by atoms with Crippen LogP contribution < -0.4 is 11.1 Å². The minimum absolute atomic E-state index is 0.120. The van der Waals surface area contributed by atoms with Crippen molar-refractivity contribution in [2.45, 2.75) is 25.8 Å². The van der Waals surface area contributed by atoms with Gasteiger partial charge in [0.1, 0.15) is 5.65 Å². The fraction of sp³-hybridized carbons (Fsp3) is 0.280. The van der Waals surface area contributed by atoms with E-state index in [1.165, 1.54) is 0 Å². The molecule has 0 spiro atoms. The summed E-state index contributed by atoms with van der Waals surface area (Å²) in [4.78, 5) is 29.1. The molecule has 1 saturated heterocycles. The summed E-state index contributed by atoms with van der Waals surface area (Å²) in [7, 11) is 2.08. The van der Waals surface area contributed by atoms with Crippen LogP contribution in [-0.4, -0.2) is 56.3 Å². The predicted octanol–water partition coefficient (Wildman–Crippen LogP) is 3.17. The topological polar surface area (TPSA) is 101 Å². The van der Waals surface area contributed by atoms with Crippen LogP contribution in [0.5, 0.6) is 0 Å². The zero-order valence-electron chi connectivity index (χ0n) is 18.8. The van der Waals surface area contributed by atoms with Crippen LogP contribution in [0.15, 0.2) is 54.9 Å². The van der Waals surface area contributed by atoms with Crippen molar-refractivity contribution in [3.63, 3.8) is 0 Å². The summed E-state index contributed by atoms with van der Waals surface area (Å²) in [5.41, 5.74) is 11.2. The first-order valence-corrected chi connectivity index (χ1v) is 11.2. The molecular weight excluding hydrogens is 414 g/mol. The van der Waals surface area contributed by atoms with E-state index in [-0.39, 0.29) is 17.4 Å². The quantitative estimate of drug-likeness (QED) is 0.493. The standard InChI is InChI=1S/C25H27N7O/c1-16-13-27-20-11-10-18(15-32(16)20)22-21(17-7-4-3-5-8-17)30-24(26)23(29-22)25(33)28-14-19-9-6-12-31(19)2/h3-5,7-8,10-11,13,15,19H,6,9,12,14H2,1-2H3,(H2,26,30)(H,28,33)/t19-/m1/s1. The van der Waals surface area contributed by atoms with Crippen molar-refractivity contribution in [3.05, 3.63) is 66.2 Å². The van der Waals surface area contributed by atoms with E-state index in [1.54, 1.807) is 0 Å². The normalized spacial score (nSPS) is 16.4. The lowest BCUT2D eigenvalue weighted by molar-refractivity contribution is 0.0939. The molecule has 168 valence electrons. The molecule has 8 nitrogen and oxygen atoms in total. The Morgan fingerprint density at radius 1 is 1.12 bits per heavy atom. The van der Waals surface area contributed by atoms with E-state index in [0.29, 0.717) is 24.0 Å². The van der Waals surface area contributed by atoms with Crippen LogP contribution in [0.3, 0.4) is 0 Å². The predicted molar refractivity (Wildman–Crippen MR) is 129 cm³/mol. The molecule has 0 aliphatic carbocycles. The number of hydrogen-bond acceptors (Lipinski definition) is 6. The molecule has 3 N–H and O–H groups in total. The monoisotopic (exact) mass is 441 g/mol. The average molecular weight is 442 g/mol. The Labute approximate surface area is 192 Å². The van der Waals surface area contributed by atoms with Crippen LogP contribution in [0, 0.1) is 6.92 Å². The maximum Gasteiger partial charge on any atom is 0.273 e. The molecule has 4 aromatic rings. The smallest absolute Gasteiger partial charge is 0.273 e. The zero-order chi connectivity index (χ0) is 22.9. The van der Waals surface area contributed by atoms with Crippen molar-refractivity contribution in [2.75, 3.05) is 25.9 Å². The van der Waals surface area contributed by atoms with Gasteiger partial charge in [-0.3, -0.25) is 4.79 Å². The first kappa shape index (κ1) is 21.1. The third kappa shape index (κ3) is 4.05. The number of nitrogen functional groups attached to an aromatic ring is 1. The molecule has 1 fully saturated rings. The molecule has 33 heavy (non-hydrogen) atoms. The lowest BCUT2D eigenvalue weighted by Crippen LogP contribution is -2.38. The highest BCUT2D eigenvalue weighted by molar-refractivity contribution is 5.98. The number of nitrogens with zero attached hydrogens (tertiary/aromatic N) is 5. The van der Waals surface area contributed by atoms with Crippen molar-refractivity contribution >= 4 is 17.4 Å². The highest BCUT2D eigenvalue weighted by atomic mass is 16.1. The number of hydrogen-bond donors (Lipinski definition) is 2. The first-order valence-electron chi connectivity index (χ1n) is 11.2. The number of aryl methyl sites for hydroxylation is 1. The van der Waals surface area contributed by atoms with Crippen LogP contribution >= 0.6 is 0 Å². The SMILES string of the molecule is Cc1cnc2ccc(-c3nc(C(=O)NC[C@H]4CCCN4C)c(N)nc3-c3ccccc3)cn12. The summed E-state index contributed by atoms with van der Waals surface area (Å²) < 4.78 is 2.00. The van der Waals surface area contributed by atoms with E-state index in [0.717, 1.165) is 41.9 Å². The van der Waals surface area contributed by atoms with Crippen LogP contribution in [-0.2, 0) is 0 Å². The molecular formula is C25H27N7O. The number of amides is 1. The maximum absolute atomic E-state index is 13.1. The second kappa shape index (κ2) is 8.63. The fourth-order valence-electron chi connectivity index (χ4n) is 4.39. The van der Waals surface area contributed by atoms with E-state index >= 15 is 0 Å². The van der Waals surface area contributed by atoms with Gasteiger partial charge in [-0.15, -0.1) is 0 Å². The van der Waals surface area contributed by atoms with E-state index in [1.807, 2.05) is 66.2 Å². The summed E-state index contributed by atoms with van der Waals surface area (Å²) in [6, 6.07) is 14.0. The third-order valence-corrected chi connectivity index (χ3v) is 6.32. The third-order valence-electron chi connectivity index (χ3n) is 6.32. The molecule has 1 amide bonds. The minimum atomic E-state index is -0.305. The number of anilines is 1. The van der Waals surface area contributed by atoms with Gasteiger partial charge in [0.25, 0.3) is 5.91 Å². The number of likely N-dealkylation sites (N-methyl/N-ethyl adjacent to an activating group) is 1. The van der Waals surface area contributed by atoms with Gasteiger partial charge in [0, 0.05) is 41.8 Å². The van der Waals surface area contributed by atoms with Gasteiger partial charge < -0.3 is 20.4 Å². The molecule has 5 rings (SSSR count). The molecule has 0 saturated carbocycles. The Morgan fingerprint density at radius 2 is 1.91 bits per heavy atom. The van der Waals surface area contributed by atoms with E-state index in [2.05, 4.69) is 27.2 Å². The number of aromatic nitrogens is 4. The van der Waals surface area contributed by atoms with Crippen molar-refractivity contribution in [3.8, 4) is 22.5 Å². The largest absolute Gasteiger partial charge is 0.382 e. The highest BCUT2D eigenvalue weighted by Gasteiger charge is 2.24. The number of fused-ring (bicyclic) bond motifs is 1. The molecule has 1 atom stereocenters. The first-order chi connectivity index (χ1) is 16.0. The number of imidazole rings is 1. The van der Waals surface area contributed by atoms with Crippen LogP contribution in [0.25, 0.3) is 28.2 Å². The lowest BCUT2D eigenvalue weighted by Gasteiger charge is -2.20. The molecule has 0 bridgehead atoms. The van der Waals surface area contributed by atoms with E-state index in [4.69, 9.17) is 10.7 Å². The number of likely N-dealkylation sites (tertiary alicyclic amines) is 1. The Kier molecular flexibility index (Phi) is 5.51. The molecule has 0 unspecified atom stereocenters. The molecule has 1 aromatic carbocycles. The Morgan fingerprint density at radius 3 is 2.67 bits per heavy atom. The number of carbonyl (C=O) groups is 1. The number of carbonyl (C=O) groups excluding carboxylic acids is 1. The van der Waals surface area contributed by atoms with Crippen molar-refractivity contribution < 1.29 is 4.79 Å². The summed E-state index contributed by atoms with van der Waals surface area (Å²) in [6.45, 7) is 3.61. The van der Waals surface area contributed by atoms with E-state index in [9.17, 15) is 4.79 Å². The summed E-state index contributed by atoms with van der Waals surface area (Å²) in [5, 5.41) is 3.01. The van der Waals surface area contributed by atoms with Gasteiger partial charge in [-0.05, 0) is 45.5 Å². The van der Waals surface area contributed by atoms with Gasteiger partial charge in [0.05, 0.1) is 11.4 Å². The summed E-state index contributed by atoms with van der Waals surface area (Å²) in [6.07, 6.45) is 6.01. The number of rotatable bonds is 5. The van der Waals surface area contributed by atoms with Gasteiger partial charge in [-0.2, -0.15) is 0 Å². The Bertz CT molecular complexity index is 1320. The molecule has 0 radical (unpaired) electrons. The van der Waals surface area contributed by atoms with Crippen molar-refractivity contribution in [2.24, 2.45) is 0 Å². The summed E-state index contributed by atoms with van der Waals surface area (Å²) in [5.74, 6) is -0.184. The second-order valence-corrected chi connectivity index (χ2v) is 8.55. The average Bonchev–Trinajstić information content (AvgIpc) is 3.42. The van der Waals surface area contributed by atoms with Gasteiger partial charge in [-0.25, -0.2) is 15.0 Å². The number of pyridine rings is 1. The minimum Gasteiger partial charge on any atom is -0.382 e. The van der Waals surface area contributed by atoms with Crippen molar-refractivity contribution in [1.82, 2.24) is 29.6 Å². The van der Waals surface area contributed by atoms with E-state index < -0.39 is 0 Å². The van der Waals surface area contributed by atoms with Crippen LogP contribution in [0.2, 0.25) is 0 Å². The van der Waals surface area contributed by atoms with Crippen LogP contribution in [0.4, 0.5) is 5.82 Å². The molecule has 4 heterocycles. The summed E-state index contributed by atoms with van der Waals surface area (Å²) >= 11 is 0. The highest BCUT2D eigenvalue weighted by Crippen LogP contribution is 2.31. The maximum atomic E-state index is 13.1. The van der Waals surface area contributed by atoms with Gasteiger partial charge in [-0.1, -0.05) is 30.3 Å². The Balaban J connectivity index is 1.57. The number of nitrogens with two attached hydrogens (primary N) is 1. The fourth-order valence-corrected chi connectivity index (χ4v) is 4.39. The Hall–Kier alpha value is -3.78. The van der Waals surface area contributed by atoms with Gasteiger partial charge in [0.15, 0.2) is 11.5 Å². The molecule has 3 aromatic heterocycles. The second-order valence-electron chi connectivity index (χ2n) is 8.55. The van der Waals surface area contributed by atoms with Gasteiger partial charge >= 0.3 is 0 Å².